The van der Waals surface area contributed by atoms with Crippen LogP contribution in [0.2, 0.25) is 0 Å². The number of carbonyl (C=O) groups excluding carboxylic acids is 3. The van der Waals surface area contributed by atoms with Gasteiger partial charge in [-0.3, -0.25) is 14.9 Å². The second-order valence-electron chi connectivity index (χ2n) is 5.53. The second-order valence-corrected chi connectivity index (χ2v) is 5.53. The molecule has 1 saturated heterocycles. The van der Waals surface area contributed by atoms with Gasteiger partial charge in [-0.1, -0.05) is 30.3 Å². The van der Waals surface area contributed by atoms with Crippen molar-refractivity contribution in [2.24, 2.45) is 0 Å². The summed E-state index contributed by atoms with van der Waals surface area (Å²) >= 11 is 0. The van der Waals surface area contributed by atoms with Crippen LogP contribution in [-0.4, -0.2) is 52.3 Å². The van der Waals surface area contributed by atoms with E-state index in [1.165, 1.54) is 0 Å². The molecule has 3 rings (SSSR count). The molecule has 25 heavy (non-hydrogen) atoms. The molecule has 2 N–H and O–H groups in total. The number of imide groups is 1. The molecule has 1 fully saturated rings. The first kappa shape index (κ1) is 16.6. The number of urea groups is 1. The smallest absolute Gasteiger partial charge is 0.325 e. The highest BCUT2D eigenvalue weighted by molar-refractivity contribution is 6.03. The van der Waals surface area contributed by atoms with Crippen molar-refractivity contribution in [2.75, 3.05) is 19.6 Å². The van der Waals surface area contributed by atoms with Crippen LogP contribution in [0.3, 0.4) is 0 Å². The number of hydrogen-bond donors (Lipinski definition) is 2. The summed E-state index contributed by atoms with van der Waals surface area (Å²) < 4.78 is 0. The van der Waals surface area contributed by atoms with Crippen LogP contribution in [0, 0.1) is 0 Å². The summed E-state index contributed by atoms with van der Waals surface area (Å²) in [4.78, 5) is 44.1. The Morgan fingerprint density at radius 2 is 2.00 bits per heavy atom. The first-order valence-corrected chi connectivity index (χ1v) is 7.84. The van der Waals surface area contributed by atoms with E-state index in [0.717, 1.165) is 16.2 Å². The Labute approximate surface area is 144 Å². The summed E-state index contributed by atoms with van der Waals surface area (Å²) in [5.74, 6) is -0.108. The van der Waals surface area contributed by atoms with Crippen molar-refractivity contribution in [2.45, 2.75) is 6.42 Å². The van der Waals surface area contributed by atoms with E-state index in [1.54, 1.807) is 6.20 Å². The molecule has 8 nitrogen and oxygen atoms in total. The van der Waals surface area contributed by atoms with E-state index >= 15 is 0 Å². The molecule has 2 aromatic rings. The van der Waals surface area contributed by atoms with Gasteiger partial charge in [0.1, 0.15) is 18.9 Å². The average Bonchev–Trinajstić information content (AvgIpc) is 2.93. The maximum Gasteiger partial charge on any atom is 0.325 e. The van der Waals surface area contributed by atoms with Gasteiger partial charge >= 0.3 is 6.03 Å². The summed E-state index contributed by atoms with van der Waals surface area (Å²) in [7, 11) is 0. The maximum atomic E-state index is 11.8. The maximum absolute atomic E-state index is 11.8. The molecular weight excluding hydrogens is 322 g/mol. The zero-order valence-corrected chi connectivity index (χ0v) is 13.4. The lowest BCUT2D eigenvalue weighted by molar-refractivity contribution is -0.121. The van der Waals surface area contributed by atoms with Crippen LogP contribution in [0.25, 0.3) is 11.3 Å². The molecule has 8 heteroatoms. The molecule has 0 saturated carbocycles. The third-order valence-electron chi connectivity index (χ3n) is 3.65. The zero-order chi connectivity index (χ0) is 17.6. The van der Waals surface area contributed by atoms with Crippen LogP contribution >= 0.6 is 0 Å². The van der Waals surface area contributed by atoms with Crippen molar-refractivity contribution >= 4 is 17.8 Å². The van der Waals surface area contributed by atoms with E-state index in [-0.39, 0.29) is 19.0 Å². The quantitative estimate of drug-likeness (QED) is 0.739. The SMILES string of the molecule is O=C(CN1CC(=O)NC1=O)NCCc1nccc(-c2ccccc2)n1. The first-order valence-electron chi connectivity index (χ1n) is 7.84. The van der Waals surface area contributed by atoms with Crippen molar-refractivity contribution in [3.05, 3.63) is 48.4 Å². The summed E-state index contributed by atoms with van der Waals surface area (Å²) in [6, 6.07) is 11.1. The average molecular weight is 339 g/mol. The molecule has 4 amide bonds. The summed E-state index contributed by atoms with van der Waals surface area (Å²) in [6.45, 7) is 0.109. The van der Waals surface area contributed by atoms with E-state index in [2.05, 4.69) is 20.6 Å². The van der Waals surface area contributed by atoms with Gasteiger partial charge in [0.15, 0.2) is 0 Å². The molecule has 0 atom stereocenters. The Kier molecular flexibility index (Phi) is 4.98. The number of nitrogens with one attached hydrogen (secondary N) is 2. The lowest BCUT2D eigenvalue weighted by Gasteiger charge is -2.12. The van der Waals surface area contributed by atoms with Gasteiger partial charge in [0.2, 0.25) is 11.8 Å². The monoisotopic (exact) mass is 339 g/mol. The molecule has 1 aromatic carbocycles. The lowest BCUT2D eigenvalue weighted by atomic mass is 10.1. The Bertz CT molecular complexity index is 794. The van der Waals surface area contributed by atoms with Gasteiger partial charge in [0.25, 0.3) is 0 Å². The van der Waals surface area contributed by atoms with Gasteiger partial charge in [-0.15, -0.1) is 0 Å². The summed E-state index contributed by atoms with van der Waals surface area (Å²) in [5.41, 5.74) is 1.82. The zero-order valence-electron chi connectivity index (χ0n) is 13.4. The van der Waals surface area contributed by atoms with Gasteiger partial charge in [0.05, 0.1) is 5.69 Å². The van der Waals surface area contributed by atoms with Gasteiger partial charge in [0, 0.05) is 24.7 Å². The number of amides is 4. The van der Waals surface area contributed by atoms with Crippen molar-refractivity contribution < 1.29 is 14.4 Å². The highest BCUT2D eigenvalue weighted by Gasteiger charge is 2.27. The number of benzene rings is 1. The topological polar surface area (TPSA) is 104 Å². The molecule has 0 radical (unpaired) electrons. The normalized spacial score (nSPS) is 13.7. The molecule has 0 unspecified atom stereocenters. The number of rotatable bonds is 6. The molecule has 0 bridgehead atoms. The Balaban J connectivity index is 1.50. The van der Waals surface area contributed by atoms with E-state index in [0.29, 0.717) is 18.8 Å². The fourth-order valence-corrected chi connectivity index (χ4v) is 2.44. The minimum absolute atomic E-state index is 0.0888. The molecule has 0 spiro atoms. The predicted octanol–water partition coefficient (Wildman–Crippen LogP) is 0.354. The minimum atomic E-state index is -0.543. The minimum Gasteiger partial charge on any atom is -0.354 e. The largest absolute Gasteiger partial charge is 0.354 e. The number of nitrogens with zero attached hydrogens (tertiary/aromatic N) is 3. The van der Waals surface area contributed by atoms with Crippen molar-refractivity contribution in [3.63, 3.8) is 0 Å². The van der Waals surface area contributed by atoms with Crippen LogP contribution in [0.15, 0.2) is 42.6 Å². The van der Waals surface area contributed by atoms with E-state index in [9.17, 15) is 14.4 Å². The summed E-state index contributed by atoms with van der Waals surface area (Å²) in [6.07, 6.45) is 2.16. The number of aromatic nitrogens is 2. The van der Waals surface area contributed by atoms with Crippen molar-refractivity contribution in [1.82, 2.24) is 25.5 Å². The standard InChI is InChI=1S/C17H17N5O3/c23-15(10-22-11-16(24)21-17(22)25)19-9-7-14-18-8-6-13(20-14)12-4-2-1-3-5-12/h1-6,8H,7,9-11H2,(H,19,23)(H,21,24,25). The second kappa shape index (κ2) is 7.52. The fourth-order valence-electron chi connectivity index (χ4n) is 2.44. The van der Waals surface area contributed by atoms with Crippen LogP contribution in [-0.2, 0) is 16.0 Å². The van der Waals surface area contributed by atoms with Crippen LogP contribution in [0.4, 0.5) is 4.79 Å². The molecular formula is C17H17N5O3. The lowest BCUT2D eigenvalue weighted by Crippen LogP contribution is -2.39. The molecule has 1 aliphatic heterocycles. The molecule has 1 aromatic heterocycles. The van der Waals surface area contributed by atoms with Gasteiger partial charge in [-0.25, -0.2) is 14.8 Å². The van der Waals surface area contributed by atoms with Gasteiger partial charge in [-0.05, 0) is 6.07 Å². The number of carbonyl (C=O) groups is 3. The molecule has 1 aliphatic rings. The first-order chi connectivity index (χ1) is 12.1. The fraction of sp³-hybridized carbons (Fsp3) is 0.235. The highest BCUT2D eigenvalue weighted by atomic mass is 16.2. The number of hydrogen-bond acceptors (Lipinski definition) is 5. The Hall–Kier alpha value is -3.29. The molecule has 2 heterocycles. The molecule has 0 aliphatic carbocycles. The van der Waals surface area contributed by atoms with Crippen LogP contribution < -0.4 is 10.6 Å². The van der Waals surface area contributed by atoms with E-state index in [1.807, 2.05) is 36.4 Å². The van der Waals surface area contributed by atoms with Crippen LogP contribution in [0.5, 0.6) is 0 Å². The van der Waals surface area contributed by atoms with E-state index in [4.69, 9.17) is 0 Å². The van der Waals surface area contributed by atoms with Crippen molar-refractivity contribution in [3.8, 4) is 11.3 Å². The summed E-state index contributed by atoms with van der Waals surface area (Å²) in [5, 5.41) is 4.82. The Morgan fingerprint density at radius 3 is 2.72 bits per heavy atom. The third kappa shape index (κ3) is 4.37. The highest BCUT2D eigenvalue weighted by Crippen LogP contribution is 2.15. The molecule has 128 valence electrons. The van der Waals surface area contributed by atoms with E-state index < -0.39 is 11.9 Å². The predicted molar refractivity (Wildman–Crippen MR) is 89.3 cm³/mol. The Morgan fingerprint density at radius 1 is 1.20 bits per heavy atom. The van der Waals surface area contributed by atoms with Crippen LogP contribution in [0.1, 0.15) is 5.82 Å². The van der Waals surface area contributed by atoms with Gasteiger partial charge < -0.3 is 10.2 Å². The third-order valence-corrected chi connectivity index (χ3v) is 3.65. The van der Waals surface area contributed by atoms with Gasteiger partial charge in [-0.2, -0.15) is 0 Å². The van der Waals surface area contributed by atoms with Crippen molar-refractivity contribution in [1.29, 1.82) is 0 Å².